The molecule has 0 saturated carbocycles. The fourth-order valence-corrected chi connectivity index (χ4v) is 3.94. The van der Waals surface area contributed by atoms with Crippen molar-refractivity contribution < 1.29 is 0 Å². The molecule has 1 N–H and O–H groups in total. The van der Waals surface area contributed by atoms with Crippen molar-refractivity contribution in [2.45, 2.75) is 46.2 Å². The first kappa shape index (κ1) is 15.7. The Hall–Kier alpha value is -0.650. The molecule has 2 rings (SSSR count). The van der Waals surface area contributed by atoms with Crippen LogP contribution in [0.4, 0.5) is 0 Å². The maximum atomic E-state index is 4.67. The molecule has 2 heterocycles. The normalized spacial score (nSPS) is 12.8. The second-order valence-electron chi connectivity index (χ2n) is 4.74. The van der Waals surface area contributed by atoms with E-state index in [0.717, 1.165) is 25.9 Å². The van der Waals surface area contributed by atoms with Crippen LogP contribution in [0.3, 0.4) is 0 Å². The molecule has 2 aromatic heterocycles. The number of rotatable bonds is 7. The van der Waals surface area contributed by atoms with E-state index >= 15 is 0 Å². The van der Waals surface area contributed by atoms with Gasteiger partial charge >= 0.3 is 0 Å². The van der Waals surface area contributed by atoms with E-state index in [1.165, 1.54) is 20.7 Å². The molecule has 0 spiro atoms. The van der Waals surface area contributed by atoms with Crippen molar-refractivity contribution in [1.82, 2.24) is 15.1 Å². The van der Waals surface area contributed by atoms with Crippen molar-refractivity contribution in [3.63, 3.8) is 0 Å². The third-order valence-electron chi connectivity index (χ3n) is 3.41. The lowest BCUT2D eigenvalue weighted by Crippen LogP contribution is -2.25. The third kappa shape index (κ3) is 3.51. The molecule has 0 aliphatic carbocycles. The van der Waals surface area contributed by atoms with Gasteiger partial charge in [0.1, 0.15) is 0 Å². The van der Waals surface area contributed by atoms with Crippen LogP contribution in [0.25, 0.3) is 0 Å². The summed E-state index contributed by atoms with van der Waals surface area (Å²) in [6.45, 7) is 8.35. The second kappa shape index (κ2) is 7.38. The van der Waals surface area contributed by atoms with E-state index in [1.54, 1.807) is 0 Å². The van der Waals surface area contributed by atoms with Crippen molar-refractivity contribution in [3.8, 4) is 0 Å². The van der Waals surface area contributed by atoms with E-state index < -0.39 is 0 Å². The molecule has 0 saturated heterocycles. The molecule has 1 unspecified atom stereocenters. The van der Waals surface area contributed by atoms with Crippen LogP contribution in [0.2, 0.25) is 0 Å². The van der Waals surface area contributed by atoms with Crippen molar-refractivity contribution >= 4 is 27.3 Å². The fraction of sp³-hybridized carbons (Fsp3) is 0.533. The number of hydrogen-bond acceptors (Lipinski definition) is 3. The summed E-state index contributed by atoms with van der Waals surface area (Å²) in [5.74, 6) is 0. The maximum Gasteiger partial charge on any atom is 0.0625 e. The molecule has 1 atom stereocenters. The van der Waals surface area contributed by atoms with Crippen molar-refractivity contribution in [1.29, 1.82) is 0 Å². The van der Waals surface area contributed by atoms with Gasteiger partial charge in [-0.15, -0.1) is 11.3 Å². The first-order chi connectivity index (χ1) is 9.69. The minimum atomic E-state index is 0.322. The van der Waals surface area contributed by atoms with E-state index in [9.17, 15) is 0 Å². The average molecular weight is 356 g/mol. The Morgan fingerprint density at radius 1 is 1.40 bits per heavy atom. The largest absolute Gasteiger partial charge is 0.309 e. The smallest absolute Gasteiger partial charge is 0.0625 e. The van der Waals surface area contributed by atoms with Gasteiger partial charge in [-0.3, -0.25) is 4.68 Å². The van der Waals surface area contributed by atoms with E-state index in [0.29, 0.717) is 6.04 Å². The summed E-state index contributed by atoms with van der Waals surface area (Å²) < 4.78 is 3.34. The highest BCUT2D eigenvalue weighted by Crippen LogP contribution is 2.28. The van der Waals surface area contributed by atoms with Crippen LogP contribution in [0.15, 0.2) is 22.0 Å². The zero-order chi connectivity index (χ0) is 14.5. The number of aryl methyl sites for hydroxylation is 2. The molecule has 5 heteroatoms. The van der Waals surface area contributed by atoms with Crippen LogP contribution < -0.4 is 5.32 Å². The molecule has 0 aromatic carbocycles. The zero-order valence-corrected chi connectivity index (χ0v) is 14.7. The number of halogens is 1. The molecule has 110 valence electrons. The van der Waals surface area contributed by atoms with Gasteiger partial charge in [0, 0.05) is 22.3 Å². The van der Waals surface area contributed by atoms with Crippen molar-refractivity contribution in [2.75, 3.05) is 6.54 Å². The highest BCUT2D eigenvalue weighted by Gasteiger charge is 2.18. The van der Waals surface area contributed by atoms with Crippen LogP contribution in [0.5, 0.6) is 0 Å². The Kier molecular flexibility index (Phi) is 5.81. The Morgan fingerprint density at radius 2 is 2.20 bits per heavy atom. The van der Waals surface area contributed by atoms with E-state index in [2.05, 4.69) is 69.3 Å². The Labute approximate surface area is 133 Å². The van der Waals surface area contributed by atoms with Crippen molar-refractivity contribution in [3.05, 3.63) is 38.3 Å². The van der Waals surface area contributed by atoms with Gasteiger partial charge in [-0.1, -0.05) is 13.8 Å². The molecule has 3 nitrogen and oxygen atoms in total. The molecular formula is C15H22BrN3S. The van der Waals surface area contributed by atoms with Gasteiger partial charge < -0.3 is 5.32 Å². The summed E-state index contributed by atoms with van der Waals surface area (Å²) in [5.41, 5.74) is 2.47. The molecule has 20 heavy (non-hydrogen) atoms. The fourth-order valence-electron chi connectivity index (χ4n) is 2.38. The predicted octanol–water partition coefficient (Wildman–Crippen LogP) is 4.18. The van der Waals surface area contributed by atoms with Gasteiger partial charge in [0.2, 0.25) is 0 Å². The van der Waals surface area contributed by atoms with Gasteiger partial charge in [-0.25, -0.2) is 0 Å². The Morgan fingerprint density at radius 3 is 2.75 bits per heavy atom. The lowest BCUT2D eigenvalue weighted by molar-refractivity contribution is 0.491. The van der Waals surface area contributed by atoms with Gasteiger partial charge in [0.05, 0.1) is 17.4 Å². The number of nitrogens with one attached hydrogen (secondary N) is 1. The van der Waals surface area contributed by atoms with Crippen LogP contribution in [-0.4, -0.2) is 16.3 Å². The molecule has 0 aliphatic heterocycles. The van der Waals surface area contributed by atoms with E-state index in [4.69, 9.17) is 0 Å². The van der Waals surface area contributed by atoms with Gasteiger partial charge in [-0.05, 0) is 53.3 Å². The SMILES string of the molecule is CCNC(Cc1sccc1Br)c1cc(CC)nn1CC. The Balaban J connectivity index is 2.28. The minimum Gasteiger partial charge on any atom is -0.309 e. The zero-order valence-electron chi connectivity index (χ0n) is 12.3. The average Bonchev–Trinajstić information content (AvgIpc) is 3.04. The van der Waals surface area contributed by atoms with Crippen molar-refractivity contribution in [2.24, 2.45) is 0 Å². The summed E-state index contributed by atoms with van der Waals surface area (Å²) in [7, 11) is 0. The Bertz CT molecular complexity index is 547. The molecular weight excluding hydrogens is 334 g/mol. The number of likely N-dealkylation sites (N-methyl/N-ethyl adjacent to an activating group) is 1. The molecule has 0 aliphatic rings. The lowest BCUT2D eigenvalue weighted by atomic mass is 10.1. The molecule has 0 fully saturated rings. The number of nitrogens with zero attached hydrogens (tertiary/aromatic N) is 2. The number of aromatic nitrogens is 2. The number of thiophene rings is 1. The second-order valence-corrected chi connectivity index (χ2v) is 6.59. The summed E-state index contributed by atoms with van der Waals surface area (Å²) in [5, 5.41) is 10.4. The summed E-state index contributed by atoms with van der Waals surface area (Å²) >= 11 is 5.44. The highest BCUT2D eigenvalue weighted by atomic mass is 79.9. The highest BCUT2D eigenvalue weighted by molar-refractivity contribution is 9.10. The first-order valence-corrected chi connectivity index (χ1v) is 8.88. The van der Waals surface area contributed by atoms with Gasteiger partial charge in [0.25, 0.3) is 0 Å². The summed E-state index contributed by atoms with van der Waals surface area (Å²) in [6, 6.07) is 4.69. The van der Waals surface area contributed by atoms with Crippen LogP contribution >= 0.6 is 27.3 Å². The van der Waals surface area contributed by atoms with Gasteiger partial charge in [0.15, 0.2) is 0 Å². The molecule has 2 aromatic rings. The monoisotopic (exact) mass is 355 g/mol. The molecule has 0 bridgehead atoms. The topological polar surface area (TPSA) is 29.9 Å². The van der Waals surface area contributed by atoms with Crippen LogP contribution in [0.1, 0.15) is 43.1 Å². The summed E-state index contributed by atoms with van der Waals surface area (Å²) in [4.78, 5) is 1.39. The molecule has 0 radical (unpaired) electrons. The maximum absolute atomic E-state index is 4.67. The van der Waals surface area contributed by atoms with Gasteiger partial charge in [-0.2, -0.15) is 5.10 Å². The van der Waals surface area contributed by atoms with Crippen LogP contribution in [-0.2, 0) is 19.4 Å². The quantitative estimate of drug-likeness (QED) is 0.807. The van der Waals surface area contributed by atoms with E-state index in [1.807, 2.05) is 11.3 Å². The lowest BCUT2D eigenvalue weighted by Gasteiger charge is -2.18. The first-order valence-electron chi connectivity index (χ1n) is 7.21. The third-order valence-corrected chi connectivity index (χ3v) is 5.36. The van der Waals surface area contributed by atoms with E-state index in [-0.39, 0.29) is 0 Å². The predicted molar refractivity (Wildman–Crippen MR) is 89.4 cm³/mol. The number of hydrogen-bond donors (Lipinski definition) is 1. The standard InChI is InChI=1S/C15H22BrN3S/c1-4-11-9-14(19(6-3)18-11)13(17-5-2)10-15-12(16)7-8-20-15/h7-9,13,17H,4-6,10H2,1-3H3. The van der Waals surface area contributed by atoms with Crippen LogP contribution in [0, 0.1) is 0 Å². The molecule has 0 amide bonds. The minimum absolute atomic E-state index is 0.322. The summed E-state index contributed by atoms with van der Waals surface area (Å²) in [6.07, 6.45) is 1.99.